The van der Waals surface area contributed by atoms with E-state index in [4.69, 9.17) is 0 Å². The van der Waals surface area contributed by atoms with E-state index < -0.39 is 0 Å². The molecule has 2 aromatic heterocycles. The quantitative estimate of drug-likeness (QED) is 0.736. The van der Waals surface area contributed by atoms with Gasteiger partial charge in [0.1, 0.15) is 5.82 Å². The van der Waals surface area contributed by atoms with Crippen molar-refractivity contribution in [3.8, 4) is 11.3 Å². The Kier molecular flexibility index (Phi) is 5.25. The van der Waals surface area contributed by atoms with Crippen molar-refractivity contribution in [3.63, 3.8) is 0 Å². The maximum absolute atomic E-state index is 13.5. The molecular formula is C21H21FN4O2. The minimum absolute atomic E-state index is 0.0102. The van der Waals surface area contributed by atoms with Gasteiger partial charge >= 0.3 is 0 Å². The van der Waals surface area contributed by atoms with E-state index in [0.717, 1.165) is 25.8 Å². The molecule has 0 aliphatic carbocycles. The fraction of sp³-hybridized carbons (Fsp3) is 0.333. The lowest BCUT2D eigenvalue weighted by atomic mass is 10.00. The summed E-state index contributed by atoms with van der Waals surface area (Å²) in [6.07, 6.45) is 5.03. The highest BCUT2D eigenvalue weighted by molar-refractivity contribution is 5.80. The predicted molar refractivity (Wildman–Crippen MR) is 104 cm³/mol. The smallest absolute Gasteiger partial charge is 0.280 e. The average molecular weight is 380 g/mol. The Morgan fingerprint density at radius 1 is 1.25 bits per heavy atom. The Bertz CT molecular complexity index is 1070. The Balaban J connectivity index is 1.60. The van der Waals surface area contributed by atoms with Crippen molar-refractivity contribution in [1.82, 2.24) is 19.9 Å². The lowest BCUT2D eigenvalue weighted by molar-refractivity contribution is -0.120. The molecule has 0 amide bonds. The van der Waals surface area contributed by atoms with Crippen LogP contribution in [-0.4, -0.2) is 32.9 Å². The van der Waals surface area contributed by atoms with Gasteiger partial charge in [-0.1, -0.05) is 18.6 Å². The van der Waals surface area contributed by atoms with Crippen LogP contribution in [0.1, 0.15) is 25.7 Å². The molecular weight excluding hydrogens is 359 g/mol. The largest absolute Gasteiger partial charge is 0.314 e. The van der Waals surface area contributed by atoms with Gasteiger partial charge in [-0.3, -0.25) is 14.2 Å². The molecule has 1 saturated heterocycles. The monoisotopic (exact) mass is 380 g/mol. The highest BCUT2D eigenvalue weighted by Crippen LogP contribution is 2.19. The number of Topliss-reactive ketones (excluding diaryl/α,β-unsaturated/α-hetero) is 1. The van der Waals surface area contributed by atoms with E-state index in [2.05, 4.69) is 15.3 Å². The SMILES string of the molecule is O=C(C[C@@H]1CCCCN1)Cn1cnc2ccc(-c3cccc(F)c3)nc2c1=O. The van der Waals surface area contributed by atoms with E-state index in [9.17, 15) is 14.0 Å². The van der Waals surface area contributed by atoms with Gasteiger partial charge in [-0.05, 0) is 43.7 Å². The molecule has 1 aliphatic rings. The van der Waals surface area contributed by atoms with Gasteiger partial charge in [0.15, 0.2) is 11.3 Å². The van der Waals surface area contributed by atoms with Crippen molar-refractivity contribution in [1.29, 1.82) is 0 Å². The van der Waals surface area contributed by atoms with Crippen LogP contribution in [0.5, 0.6) is 0 Å². The minimum atomic E-state index is -0.370. The van der Waals surface area contributed by atoms with Crippen LogP contribution in [0.2, 0.25) is 0 Å². The number of halogens is 1. The van der Waals surface area contributed by atoms with Crippen molar-refractivity contribution in [3.05, 3.63) is 58.9 Å². The predicted octanol–water partition coefficient (Wildman–Crippen LogP) is 2.70. The summed E-state index contributed by atoms with van der Waals surface area (Å²) < 4.78 is 14.8. The Hall–Kier alpha value is -2.93. The van der Waals surface area contributed by atoms with Gasteiger partial charge in [0.2, 0.25) is 0 Å². The highest BCUT2D eigenvalue weighted by atomic mass is 19.1. The minimum Gasteiger partial charge on any atom is -0.314 e. The molecule has 1 fully saturated rings. The zero-order valence-electron chi connectivity index (χ0n) is 15.4. The van der Waals surface area contributed by atoms with Crippen LogP contribution in [-0.2, 0) is 11.3 Å². The number of carbonyl (C=O) groups excluding carboxylic acids is 1. The number of hydrogen-bond acceptors (Lipinski definition) is 5. The standard InChI is InChI=1S/C21H21FN4O2/c22-15-5-3-4-14(10-15)18-7-8-19-20(25-18)21(28)26(13-24-19)12-17(27)11-16-6-1-2-9-23-16/h3-5,7-8,10,13,16,23H,1-2,6,9,11-12H2/t16-/m0/s1. The van der Waals surface area contributed by atoms with Crippen molar-refractivity contribution in [2.45, 2.75) is 38.3 Å². The van der Waals surface area contributed by atoms with Crippen LogP contribution in [0.3, 0.4) is 0 Å². The molecule has 1 atom stereocenters. The normalized spacial score (nSPS) is 17.0. The second-order valence-electron chi connectivity index (χ2n) is 7.14. The number of ketones is 1. The highest BCUT2D eigenvalue weighted by Gasteiger charge is 2.17. The summed E-state index contributed by atoms with van der Waals surface area (Å²) in [5.74, 6) is -0.381. The van der Waals surface area contributed by atoms with E-state index in [1.165, 1.54) is 23.0 Å². The molecule has 3 heterocycles. The second kappa shape index (κ2) is 7.98. The van der Waals surface area contributed by atoms with Crippen molar-refractivity contribution in [2.24, 2.45) is 0 Å². The number of carbonyl (C=O) groups is 1. The first-order valence-electron chi connectivity index (χ1n) is 9.47. The van der Waals surface area contributed by atoms with Gasteiger partial charge in [0, 0.05) is 18.0 Å². The number of hydrogen-bond donors (Lipinski definition) is 1. The number of benzene rings is 1. The number of rotatable bonds is 5. The van der Waals surface area contributed by atoms with Gasteiger partial charge in [-0.2, -0.15) is 0 Å². The van der Waals surface area contributed by atoms with Crippen LogP contribution in [0.4, 0.5) is 4.39 Å². The topological polar surface area (TPSA) is 76.9 Å². The van der Waals surface area contributed by atoms with Crippen molar-refractivity contribution in [2.75, 3.05) is 6.54 Å². The van der Waals surface area contributed by atoms with Crippen LogP contribution >= 0.6 is 0 Å². The third kappa shape index (κ3) is 3.99. The Labute approximate surface area is 161 Å². The van der Waals surface area contributed by atoms with Gasteiger partial charge in [0.25, 0.3) is 5.56 Å². The summed E-state index contributed by atoms with van der Waals surface area (Å²) in [4.78, 5) is 33.9. The molecule has 6 nitrogen and oxygen atoms in total. The Morgan fingerprint density at radius 3 is 2.93 bits per heavy atom. The molecule has 3 aromatic rings. The summed E-state index contributed by atoms with van der Waals surface area (Å²) in [6, 6.07) is 9.61. The molecule has 0 saturated carbocycles. The molecule has 144 valence electrons. The molecule has 0 spiro atoms. The Morgan fingerprint density at radius 2 is 2.14 bits per heavy atom. The molecule has 1 aliphatic heterocycles. The maximum atomic E-state index is 13.5. The van der Waals surface area contributed by atoms with Gasteiger partial charge in [-0.15, -0.1) is 0 Å². The first kappa shape index (κ1) is 18.4. The van der Waals surface area contributed by atoms with Gasteiger partial charge < -0.3 is 5.32 Å². The van der Waals surface area contributed by atoms with Crippen LogP contribution in [0.15, 0.2) is 47.5 Å². The second-order valence-corrected chi connectivity index (χ2v) is 7.14. The summed E-state index contributed by atoms with van der Waals surface area (Å²) in [5.41, 5.74) is 1.32. The summed E-state index contributed by atoms with van der Waals surface area (Å²) in [7, 11) is 0. The van der Waals surface area contributed by atoms with Crippen LogP contribution < -0.4 is 10.9 Å². The van der Waals surface area contributed by atoms with E-state index in [-0.39, 0.29) is 35.3 Å². The molecule has 1 aromatic carbocycles. The van der Waals surface area contributed by atoms with E-state index in [0.29, 0.717) is 23.2 Å². The zero-order chi connectivity index (χ0) is 19.5. The molecule has 1 N–H and O–H groups in total. The molecule has 0 unspecified atom stereocenters. The molecule has 28 heavy (non-hydrogen) atoms. The number of nitrogens with one attached hydrogen (secondary N) is 1. The van der Waals surface area contributed by atoms with Gasteiger partial charge in [-0.25, -0.2) is 14.4 Å². The van der Waals surface area contributed by atoms with Gasteiger partial charge in [0.05, 0.1) is 24.1 Å². The zero-order valence-corrected chi connectivity index (χ0v) is 15.4. The van der Waals surface area contributed by atoms with Crippen molar-refractivity contribution >= 4 is 16.8 Å². The van der Waals surface area contributed by atoms with Crippen LogP contribution in [0.25, 0.3) is 22.3 Å². The molecule has 0 bridgehead atoms. The molecule has 7 heteroatoms. The lowest BCUT2D eigenvalue weighted by Crippen LogP contribution is -2.37. The third-order valence-electron chi connectivity index (χ3n) is 5.03. The van der Waals surface area contributed by atoms with Crippen LogP contribution in [0, 0.1) is 5.82 Å². The summed E-state index contributed by atoms with van der Waals surface area (Å²) >= 11 is 0. The maximum Gasteiger partial charge on any atom is 0.280 e. The van der Waals surface area contributed by atoms with Crippen molar-refractivity contribution < 1.29 is 9.18 Å². The molecule has 0 radical (unpaired) electrons. The number of nitrogens with zero attached hydrogens (tertiary/aromatic N) is 3. The lowest BCUT2D eigenvalue weighted by Gasteiger charge is -2.22. The number of aromatic nitrogens is 3. The fourth-order valence-corrected chi connectivity index (χ4v) is 3.58. The first-order valence-corrected chi connectivity index (χ1v) is 9.47. The number of fused-ring (bicyclic) bond motifs is 1. The van der Waals surface area contributed by atoms with E-state index >= 15 is 0 Å². The van der Waals surface area contributed by atoms with E-state index in [1.54, 1.807) is 24.3 Å². The summed E-state index contributed by atoms with van der Waals surface area (Å²) in [5, 5.41) is 3.34. The number of pyridine rings is 1. The molecule has 4 rings (SSSR count). The fourth-order valence-electron chi connectivity index (χ4n) is 3.58. The summed E-state index contributed by atoms with van der Waals surface area (Å²) in [6.45, 7) is 0.911. The van der Waals surface area contributed by atoms with E-state index in [1.807, 2.05) is 0 Å². The average Bonchev–Trinajstić information content (AvgIpc) is 2.71. The first-order chi connectivity index (χ1) is 13.6. The third-order valence-corrected chi connectivity index (χ3v) is 5.03. The number of piperidine rings is 1.